The summed E-state index contributed by atoms with van der Waals surface area (Å²) < 4.78 is 13.4. The number of piperidine rings is 1. The van der Waals surface area contributed by atoms with E-state index in [4.69, 9.17) is 0 Å². The maximum atomic E-state index is 13.4. The normalized spacial score (nSPS) is 19.0. The molecular formula is C16H18FN3. The van der Waals surface area contributed by atoms with Gasteiger partial charge in [-0.25, -0.2) is 14.4 Å². The van der Waals surface area contributed by atoms with Crippen LogP contribution in [0.1, 0.15) is 30.3 Å². The third kappa shape index (κ3) is 2.85. The van der Waals surface area contributed by atoms with Crippen molar-refractivity contribution in [1.29, 1.82) is 0 Å². The first kappa shape index (κ1) is 13.2. The molecule has 20 heavy (non-hydrogen) atoms. The van der Waals surface area contributed by atoms with Crippen LogP contribution in [-0.4, -0.2) is 23.1 Å². The second-order valence-electron chi connectivity index (χ2n) is 5.31. The first-order valence-corrected chi connectivity index (χ1v) is 7.04. The fourth-order valence-electron chi connectivity index (χ4n) is 2.64. The first-order valence-electron chi connectivity index (χ1n) is 7.04. The van der Waals surface area contributed by atoms with Crippen molar-refractivity contribution in [3.63, 3.8) is 0 Å². The summed E-state index contributed by atoms with van der Waals surface area (Å²) in [6.07, 6.45) is 2.26. The highest BCUT2D eigenvalue weighted by Gasteiger charge is 2.19. The van der Waals surface area contributed by atoms with Gasteiger partial charge in [0.15, 0.2) is 0 Å². The number of halogens is 1. The predicted octanol–water partition coefficient (Wildman–Crippen LogP) is 3.06. The van der Waals surface area contributed by atoms with Crippen molar-refractivity contribution >= 4 is 0 Å². The van der Waals surface area contributed by atoms with E-state index in [0.29, 0.717) is 5.92 Å². The van der Waals surface area contributed by atoms with Crippen molar-refractivity contribution in [2.45, 2.75) is 25.7 Å². The zero-order valence-electron chi connectivity index (χ0n) is 11.6. The molecule has 0 bridgehead atoms. The van der Waals surface area contributed by atoms with E-state index in [1.54, 1.807) is 6.07 Å². The van der Waals surface area contributed by atoms with Crippen molar-refractivity contribution < 1.29 is 4.39 Å². The van der Waals surface area contributed by atoms with Gasteiger partial charge in [0.2, 0.25) is 0 Å². The SMILES string of the molecule is Cc1cc(-c2cccc(F)c2)nc([C@H]2CCCNC2)n1. The van der Waals surface area contributed by atoms with E-state index < -0.39 is 0 Å². The minimum Gasteiger partial charge on any atom is -0.316 e. The Morgan fingerprint density at radius 3 is 2.90 bits per heavy atom. The van der Waals surface area contributed by atoms with Crippen LogP contribution in [-0.2, 0) is 0 Å². The van der Waals surface area contributed by atoms with Crippen LogP contribution < -0.4 is 5.32 Å². The molecule has 1 saturated heterocycles. The van der Waals surface area contributed by atoms with Crippen LogP contribution >= 0.6 is 0 Å². The Morgan fingerprint density at radius 2 is 2.15 bits per heavy atom. The number of hydrogen-bond donors (Lipinski definition) is 1. The summed E-state index contributed by atoms with van der Waals surface area (Å²) in [7, 11) is 0. The molecule has 0 spiro atoms. The Morgan fingerprint density at radius 1 is 1.25 bits per heavy atom. The topological polar surface area (TPSA) is 37.8 Å². The average Bonchev–Trinajstić information content (AvgIpc) is 2.47. The van der Waals surface area contributed by atoms with Gasteiger partial charge >= 0.3 is 0 Å². The highest BCUT2D eigenvalue weighted by molar-refractivity contribution is 5.59. The zero-order chi connectivity index (χ0) is 13.9. The molecule has 1 atom stereocenters. The van der Waals surface area contributed by atoms with Gasteiger partial charge in [-0.05, 0) is 44.5 Å². The summed E-state index contributed by atoms with van der Waals surface area (Å²) in [6, 6.07) is 8.47. The number of nitrogens with one attached hydrogen (secondary N) is 1. The summed E-state index contributed by atoms with van der Waals surface area (Å²) >= 11 is 0. The van der Waals surface area contributed by atoms with E-state index in [1.807, 2.05) is 19.1 Å². The van der Waals surface area contributed by atoms with E-state index in [2.05, 4.69) is 15.3 Å². The molecule has 0 aliphatic carbocycles. The minimum absolute atomic E-state index is 0.236. The molecular weight excluding hydrogens is 253 g/mol. The van der Waals surface area contributed by atoms with Gasteiger partial charge in [-0.15, -0.1) is 0 Å². The molecule has 104 valence electrons. The summed E-state index contributed by atoms with van der Waals surface area (Å²) in [4.78, 5) is 9.21. The second-order valence-corrected chi connectivity index (χ2v) is 5.31. The number of benzene rings is 1. The van der Waals surface area contributed by atoms with E-state index in [-0.39, 0.29) is 5.82 Å². The van der Waals surface area contributed by atoms with Gasteiger partial charge in [0, 0.05) is 23.7 Å². The van der Waals surface area contributed by atoms with E-state index >= 15 is 0 Å². The molecule has 1 fully saturated rings. The lowest BCUT2D eigenvalue weighted by Gasteiger charge is -2.22. The number of aryl methyl sites for hydroxylation is 1. The quantitative estimate of drug-likeness (QED) is 0.912. The average molecular weight is 271 g/mol. The summed E-state index contributed by atoms with van der Waals surface area (Å²) in [6.45, 7) is 3.95. The first-order chi connectivity index (χ1) is 9.72. The molecule has 1 N–H and O–H groups in total. The summed E-state index contributed by atoms with van der Waals surface area (Å²) in [5.74, 6) is 0.993. The Kier molecular flexibility index (Phi) is 3.74. The van der Waals surface area contributed by atoms with Crippen molar-refractivity contribution in [2.75, 3.05) is 13.1 Å². The predicted molar refractivity (Wildman–Crippen MR) is 77.0 cm³/mol. The minimum atomic E-state index is -0.236. The Bertz CT molecular complexity index is 606. The molecule has 0 saturated carbocycles. The van der Waals surface area contributed by atoms with E-state index in [1.165, 1.54) is 12.1 Å². The lowest BCUT2D eigenvalue weighted by molar-refractivity contribution is 0.446. The fraction of sp³-hybridized carbons (Fsp3) is 0.375. The molecule has 2 heterocycles. The van der Waals surface area contributed by atoms with Gasteiger partial charge in [-0.2, -0.15) is 0 Å². The van der Waals surface area contributed by atoms with Gasteiger partial charge in [-0.3, -0.25) is 0 Å². The molecule has 2 aromatic rings. The van der Waals surface area contributed by atoms with Gasteiger partial charge in [0.05, 0.1) is 5.69 Å². The number of nitrogens with zero attached hydrogens (tertiary/aromatic N) is 2. The van der Waals surface area contributed by atoms with Crippen molar-refractivity contribution in [3.05, 3.63) is 47.7 Å². The van der Waals surface area contributed by atoms with Gasteiger partial charge in [0.25, 0.3) is 0 Å². The molecule has 0 amide bonds. The number of hydrogen-bond acceptors (Lipinski definition) is 3. The highest BCUT2D eigenvalue weighted by Crippen LogP contribution is 2.24. The maximum absolute atomic E-state index is 13.4. The van der Waals surface area contributed by atoms with E-state index in [0.717, 1.165) is 48.7 Å². The molecule has 1 aromatic heterocycles. The summed E-state index contributed by atoms with van der Waals surface area (Å²) in [5, 5.41) is 3.38. The summed E-state index contributed by atoms with van der Waals surface area (Å²) in [5.41, 5.74) is 2.54. The van der Waals surface area contributed by atoms with E-state index in [9.17, 15) is 4.39 Å². The van der Waals surface area contributed by atoms with Gasteiger partial charge in [0.1, 0.15) is 11.6 Å². The molecule has 1 aromatic carbocycles. The van der Waals surface area contributed by atoms with Crippen LogP contribution in [0.15, 0.2) is 30.3 Å². The molecule has 3 nitrogen and oxygen atoms in total. The van der Waals surface area contributed by atoms with Crippen LogP contribution in [0.3, 0.4) is 0 Å². The Labute approximate surface area is 118 Å². The monoisotopic (exact) mass is 271 g/mol. The number of aromatic nitrogens is 2. The second kappa shape index (κ2) is 5.67. The van der Waals surface area contributed by atoms with Crippen molar-refractivity contribution in [2.24, 2.45) is 0 Å². The van der Waals surface area contributed by atoms with Crippen molar-refractivity contribution in [3.8, 4) is 11.3 Å². The molecule has 0 radical (unpaired) electrons. The highest BCUT2D eigenvalue weighted by atomic mass is 19.1. The lowest BCUT2D eigenvalue weighted by atomic mass is 9.98. The van der Waals surface area contributed by atoms with Crippen LogP contribution in [0.25, 0.3) is 11.3 Å². The Hall–Kier alpha value is -1.81. The maximum Gasteiger partial charge on any atom is 0.133 e. The van der Waals surface area contributed by atoms with Crippen LogP contribution in [0, 0.1) is 12.7 Å². The lowest BCUT2D eigenvalue weighted by Crippen LogP contribution is -2.29. The van der Waals surface area contributed by atoms with Crippen molar-refractivity contribution in [1.82, 2.24) is 15.3 Å². The van der Waals surface area contributed by atoms with Crippen LogP contribution in [0.5, 0.6) is 0 Å². The van der Waals surface area contributed by atoms with Gasteiger partial charge in [-0.1, -0.05) is 12.1 Å². The third-order valence-corrected chi connectivity index (χ3v) is 3.65. The smallest absolute Gasteiger partial charge is 0.133 e. The molecule has 3 rings (SSSR count). The number of rotatable bonds is 2. The molecule has 0 unspecified atom stereocenters. The van der Waals surface area contributed by atoms with Crippen LogP contribution in [0.2, 0.25) is 0 Å². The standard InChI is InChI=1S/C16H18FN3/c1-11-8-15(12-4-2-6-14(17)9-12)20-16(19-11)13-5-3-7-18-10-13/h2,4,6,8-9,13,18H,3,5,7,10H2,1H3/t13-/m0/s1. The molecule has 1 aliphatic heterocycles. The fourth-order valence-corrected chi connectivity index (χ4v) is 2.64. The third-order valence-electron chi connectivity index (χ3n) is 3.65. The Balaban J connectivity index is 1.97. The largest absolute Gasteiger partial charge is 0.316 e. The molecule has 4 heteroatoms. The van der Waals surface area contributed by atoms with Gasteiger partial charge < -0.3 is 5.32 Å². The zero-order valence-corrected chi connectivity index (χ0v) is 11.6. The van der Waals surface area contributed by atoms with Crippen LogP contribution in [0.4, 0.5) is 4.39 Å². The molecule has 1 aliphatic rings.